The number of hydrogen-bond donors (Lipinski definition) is 1. The molecule has 0 amide bonds. The molecular formula is C12H7Br2FN2S2. The van der Waals surface area contributed by atoms with Gasteiger partial charge in [-0.25, -0.2) is 4.39 Å². The highest BCUT2D eigenvalue weighted by atomic mass is 79.9. The highest BCUT2D eigenvalue weighted by molar-refractivity contribution is 9.10. The Morgan fingerprint density at radius 1 is 1.32 bits per heavy atom. The van der Waals surface area contributed by atoms with Crippen molar-refractivity contribution in [3.05, 3.63) is 48.0 Å². The molecule has 3 rings (SSSR count). The number of hydrogen-bond acceptors (Lipinski definition) is 2. The maximum absolute atomic E-state index is 13.7. The van der Waals surface area contributed by atoms with E-state index in [-0.39, 0.29) is 5.82 Å². The number of thiophene rings is 1. The Kier molecular flexibility index (Phi) is 3.63. The number of fused-ring (bicyclic) bond motifs is 1. The minimum absolute atomic E-state index is 0.291. The molecule has 0 saturated carbocycles. The first-order valence-corrected chi connectivity index (χ1v) is 8.23. The van der Waals surface area contributed by atoms with Gasteiger partial charge in [-0.05, 0) is 61.6 Å². The van der Waals surface area contributed by atoms with E-state index in [4.69, 9.17) is 12.2 Å². The second-order valence-corrected chi connectivity index (χ2v) is 7.09. The maximum atomic E-state index is 13.7. The highest BCUT2D eigenvalue weighted by Gasteiger charge is 2.11. The summed E-state index contributed by atoms with van der Waals surface area (Å²) in [6.07, 6.45) is 0. The molecule has 0 atom stereocenters. The van der Waals surface area contributed by atoms with Gasteiger partial charge in [0.25, 0.3) is 0 Å². The Morgan fingerprint density at radius 2 is 2.11 bits per heavy atom. The van der Waals surface area contributed by atoms with Gasteiger partial charge in [0.05, 0.1) is 22.1 Å². The number of aromatic amines is 1. The quantitative estimate of drug-likeness (QED) is 0.544. The molecule has 2 aromatic heterocycles. The first-order valence-electron chi connectivity index (χ1n) is 5.35. The van der Waals surface area contributed by atoms with Gasteiger partial charge in [0, 0.05) is 15.4 Å². The van der Waals surface area contributed by atoms with E-state index < -0.39 is 0 Å². The zero-order valence-electron chi connectivity index (χ0n) is 9.41. The Bertz CT molecular complexity index is 819. The van der Waals surface area contributed by atoms with Crippen LogP contribution in [0.1, 0.15) is 4.88 Å². The summed E-state index contributed by atoms with van der Waals surface area (Å²) in [5.41, 5.74) is 1.59. The van der Waals surface area contributed by atoms with Crippen LogP contribution in [0.2, 0.25) is 0 Å². The molecule has 1 N–H and O–H groups in total. The predicted octanol–water partition coefficient (Wildman–Crippen LogP) is 5.47. The van der Waals surface area contributed by atoms with E-state index in [9.17, 15) is 4.39 Å². The average molecular weight is 422 g/mol. The minimum atomic E-state index is -0.291. The van der Waals surface area contributed by atoms with E-state index in [0.717, 1.165) is 20.4 Å². The second-order valence-electron chi connectivity index (χ2n) is 3.99. The molecule has 98 valence electrons. The van der Waals surface area contributed by atoms with Crippen molar-refractivity contribution in [1.82, 2.24) is 9.55 Å². The Morgan fingerprint density at radius 3 is 2.79 bits per heavy atom. The first kappa shape index (κ1) is 13.5. The van der Waals surface area contributed by atoms with Crippen molar-refractivity contribution in [2.45, 2.75) is 6.54 Å². The van der Waals surface area contributed by atoms with E-state index in [1.807, 2.05) is 16.0 Å². The van der Waals surface area contributed by atoms with Crippen LogP contribution in [0.25, 0.3) is 11.0 Å². The Hall–Kier alpha value is -0.500. The third-order valence-corrected chi connectivity index (χ3v) is 5.65. The minimum Gasteiger partial charge on any atom is -0.331 e. The summed E-state index contributed by atoms with van der Waals surface area (Å²) in [4.78, 5) is 4.25. The summed E-state index contributed by atoms with van der Waals surface area (Å²) in [5, 5.41) is 2.01. The van der Waals surface area contributed by atoms with Crippen molar-refractivity contribution >= 4 is 66.4 Å². The van der Waals surface area contributed by atoms with Crippen LogP contribution in [0.4, 0.5) is 4.39 Å². The number of H-pyrrole nitrogens is 1. The average Bonchev–Trinajstić information content (AvgIpc) is 2.88. The molecule has 0 unspecified atom stereocenters. The fourth-order valence-corrected chi connectivity index (χ4v) is 3.97. The maximum Gasteiger partial charge on any atom is 0.178 e. The molecule has 0 radical (unpaired) electrons. The number of imidazole rings is 1. The van der Waals surface area contributed by atoms with E-state index in [1.165, 1.54) is 6.07 Å². The van der Waals surface area contributed by atoms with Gasteiger partial charge in [-0.2, -0.15) is 0 Å². The molecule has 1 aromatic carbocycles. The number of nitrogens with one attached hydrogen (secondary N) is 1. The van der Waals surface area contributed by atoms with Crippen molar-refractivity contribution in [3.8, 4) is 0 Å². The normalized spacial score (nSPS) is 11.3. The topological polar surface area (TPSA) is 20.7 Å². The molecule has 3 aromatic rings. The van der Waals surface area contributed by atoms with Crippen molar-refractivity contribution < 1.29 is 4.39 Å². The third kappa shape index (κ3) is 2.44. The lowest BCUT2D eigenvalue weighted by Crippen LogP contribution is -1.98. The van der Waals surface area contributed by atoms with Crippen molar-refractivity contribution in [2.24, 2.45) is 0 Å². The SMILES string of the molecule is Fc1cc2c(cc1Br)[nH]c(=S)n2Cc1sccc1Br. The second kappa shape index (κ2) is 5.12. The van der Waals surface area contributed by atoms with Crippen LogP contribution in [0.15, 0.2) is 32.5 Å². The molecular weight excluding hydrogens is 415 g/mol. The summed E-state index contributed by atoms with van der Waals surface area (Å²) >= 11 is 13.6. The molecule has 0 spiro atoms. The smallest absolute Gasteiger partial charge is 0.178 e. The van der Waals surface area contributed by atoms with Gasteiger partial charge in [0.2, 0.25) is 0 Å². The number of nitrogens with zero attached hydrogens (tertiary/aromatic N) is 1. The van der Waals surface area contributed by atoms with Crippen LogP contribution in [0, 0.1) is 10.6 Å². The molecule has 0 saturated heterocycles. The summed E-state index contributed by atoms with van der Waals surface area (Å²) in [6, 6.07) is 5.20. The van der Waals surface area contributed by atoms with Crippen LogP contribution in [-0.2, 0) is 6.54 Å². The fourth-order valence-electron chi connectivity index (χ4n) is 1.89. The van der Waals surface area contributed by atoms with Crippen LogP contribution < -0.4 is 0 Å². The molecule has 0 aliphatic heterocycles. The van der Waals surface area contributed by atoms with Gasteiger partial charge in [-0.15, -0.1) is 11.3 Å². The van der Waals surface area contributed by atoms with Crippen LogP contribution in [0.3, 0.4) is 0 Å². The third-order valence-electron chi connectivity index (χ3n) is 2.81. The Labute approximate surface area is 134 Å². The number of benzene rings is 1. The number of aromatic nitrogens is 2. The van der Waals surface area contributed by atoms with Gasteiger partial charge in [-0.3, -0.25) is 0 Å². The monoisotopic (exact) mass is 420 g/mol. The molecule has 0 aliphatic carbocycles. The molecule has 2 heterocycles. The van der Waals surface area contributed by atoms with Crippen LogP contribution in [0.5, 0.6) is 0 Å². The fraction of sp³-hybridized carbons (Fsp3) is 0.0833. The zero-order chi connectivity index (χ0) is 13.6. The predicted molar refractivity (Wildman–Crippen MR) is 85.9 cm³/mol. The molecule has 19 heavy (non-hydrogen) atoms. The van der Waals surface area contributed by atoms with E-state index in [2.05, 4.69) is 36.8 Å². The van der Waals surface area contributed by atoms with Gasteiger partial charge in [0.15, 0.2) is 4.77 Å². The summed E-state index contributed by atoms with van der Waals surface area (Å²) in [5.74, 6) is -0.291. The van der Waals surface area contributed by atoms with Crippen molar-refractivity contribution in [1.29, 1.82) is 0 Å². The van der Waals surface area contributed by atoms with Crippen molar-refractivity contribution in [2.75, 3.05) is 0 Å². The first-order chi connectivity index (χ1) is 9.06. The summed E-state index contributed by atoms with van der Waals surface area (Å²) in [7, 11) is 0. The lowest BCUT2D eigenvalue weighted by atomic mass is 10.3. The van der Waals surface area contributed by atoms with Crippen LogP contribution >= 0.6 is 55.4 Å². The summed E-state index contributed by atoms with van der Waals surface area (Å²) in [6.45, 7) is 0.623. The lowest BCUT2D eigenvalue weighted by Gasteiger charge is -2.04. The van der Waals surface area contributed by atoms with Gasteiger partial charge in [0.1, 0.15) is 5.82 Å². The van der Waals surface area contributed by atoms with E-state index >= 15 is 0 Å². The number of rotatable bonds is 2. The molecule has 0 bridgehead atoms. The Balaban J connectivity index is 2.18. The van der Waals surface area contributed by atoms with Gasteiger partial charge >= 0.3 is 0 Å². The molecule has 7 heteroatoms. The van der Waals surface area contributed by atoms with E-state index in [1.54, 1.807) is 17.4 Å². The summed E-state index contributed by atoms with van der Waals surface area (Å²) < 4.78 is 17.7. The zero-order valence-corrected chi connectivity index (χ0v) is 14.2. The van der Waals surface area contributed by atoms with Gasteiger partial charge < -0.3 is 9.55 Å². The number of halogens is 3. The molecule has 0 fully saturated rings. The highest BCUT2D eigenvalue weighted by Crippen LogP contribution is 2.27. The largest absolute Gasteiger partial charge is 0.331 e. The lowest BCUT2D eigenvalue weighted by molar-refractivity contribution is 0.622. The van der Waals surface area contributed by atoms with Crippen molar-refractivity contribution in [3.63, 3.8) is 0 Å². The standard InChI is InChI=1S/C12H7Br2FN2S2/c13-6-1-2-19-11(6)5-17-10-4-8(15)7(14)3-9(10)16-12(17)18/h1-4H,5H2,(H,16,18). The van der Waals surface area contributed by atoms with E-state index in [0.29, 0.717) is 15.8 Å². The molecule has 2 nitrogen and oxygen atoms in total. The van der Waals surface area contributed by atoms with Gasteiger partial charge in [-0.1, -0.05) is 0 Å². The van der Waals surface area contributed by atoms with Crippen LogP contribution in [-0.4, -0.2) is 9.55 Å². The molecule has 0 aliphatic rings.